The molecule has 5 nitrogen and oxygen atoms in total. The lowest BCUT2D eigenvalue weighted by molar-refractivity contribution is -0.118. The van der Waals surface area contributed by atoms with Crippen LogP contribution >= 0.6 is 11.3 Å². The molecule has 1 amide bonds. The summed E-state index contributed by atoms with van der Waals surface area (Å²) in [6, 6.07) is 6.10. The maximum Gasteiger partial charge on any atom is 0.228 e. The van der Waals surface area contributed by atoms with Crippen LogP contribution in [0.15, 0.2) is 24.3 Å². The molecule has 0 aliphatic carbocycles. The molecule has 2 rings (SSSR count). The molecule has 0 aliphatic heterocycles. The topological polar surface area (TPSA) is 77.2 Å². The molecule has 7 heteroatoms. The number of nitrogens with two attached hydrogens (primary N) is 1. The Balaban J connectivity index is 2.09. The Bertz CT molecular complexity index is 639. The van der Waals surface area contributed by atoms with E-state index in [1.165, 1.54) is 30.6 Å². The van der Waals surface area contributed by atoms with Crippen LogP contribution in [0.3, 0.4) is 0 Å². The molecule has 0 saturated heterocycles. The van der Waals surface area contributed by atoms with E-state index in [4.69, 9.17) is 10.5 Å². The molecule has 1 atom stereocenters. The van der Waals surface area contributed by atoms with Crippen molar-refractivity contribution in [3.05, 3.63) is 35.0 Å². The van der Waals surface area contributed by atoms with Gasteiger partial charge in [0.25, 0.3) is 0 Å². The quantitative estimate of drug-likeness (QED) is 0.856. The highest BCUT2D eigenvalue weighted by Crippen LogP contribution is 2.30. The van der Waals surface area contributed by atoms with E-state index < -0.39 is 0 Å². The van der Waals surface area contributed by atoms with Crippen molar-refractivity contribution in [3.63, 3.8) is 0 Å². The van der Waals surface area contributed by atoms with Crippen LogP contribution in [0.1, 0.15) is 11.3 Å². The molecule has 0 saturated carbocycles. The average Bonchev–Trinajstić information content (AvgIpc) is 2.86. The highest BCUT2D eigenvalue weighted by atomic mass is 32.1. The van der Waals surface area contributed by atoms with E-state index in [-0.39, 0.29) is 30.8 Å². The van der Waals surface area contributed by atoms with Gasteiger partial charge in [0, 0.05) is 24.1 Å². The lowest BCUT2D eigenvalue weighted by atomic mass is 10.1. The number of nitrogens with one attached hydrogen (secondary N) is 1. The Morgan fingerprint density at radius 3 is 2.73 bits per heavy atom. The summed E-state index contributed by atoms with van der Waals surface area (Å²) in [6.07, 6.45) is -0.130. The van der Waals surface area contributed by atoms with Gasteiger partial charge in [-0.1, -0.05) is 0 Å². The van der Waals surface area contributed by atoms with E-state index >= 15 is 0 Å². The molecule has 22 heavy (non-hydrogen) atoms. The van der Waals surface area contributed by atoms with Crippen LogP contribution in [0.5, 0.6) is 0 Å². The summed E-state index contributed by atoms with van der Waals surface area (Å²) >= 11 is 1.38. The van der Waals surface area contributed by atoms with Crippen LogP contribution in [0.25, 0.3) is 11.3 Å². The van der Waals surface area contributed by atoms with Crippen LogP contribution in [0, 0.1) is 12.7 Å². The van der Waals surface area contributed by atoms with E-state index in [0.717, 1.165) is 16.1 Å². The zero-order chi connectivity index (χ0) is 16.1. The third-order valence-corrected chi connectivity index (χ3v) is 4.06. The van der Waals surface area contributed by atoms with Crippen molar-refractivity contribution in [2.75, 3.05) is 19.0 Å². The third kappa shape index (κ3) is 4.09. The van der Waals surface area contributed by atoms with Crippen LogP contribution in [-0.2, 0) is 9.53 Å². The first kappa shape index (κ1) is 16.5. The maximum absolute atomic E-state index is 13.0. The van der Waals surface area contributed by atoms with Gasteiger partial charge in [-0.15, -0.1) is 11.3 Å². The van der Waals surface area contributed by atoms with Crippen LogP contribution in [0.2, 0.25) is 0 Å². The highest BCUT2D eigenvalue weighted by molar-refractivity contribution is 7.16. The third-order valence-electron chi connectivity index (χ3n) is 3.17. The average molecular weight is 323 g/mol. The molecule has 3 N–H and O–H groups in total. The summed E-state index contributed by atoms with van der Waals surface area (Å²) in [4.78, 5) is 17.3. The number of rotatable bonds is 6. The van der Waals surface area contributed by atoms with E-state index in [9.17, 15) is 9.18 Å². The van der Waals surface area contributed by atoms with Crippen LogP contribution in [0.4, 0.5) is 9.52 Å². The van der Waals surface area contributed by atoms with Gasteiger partial charge in [0.15, 0.2) is 5.13 Å². The fraction of sp³-hybridized carbons (Fsp3) is 0.333. The molecule has 0 fully saturated rings. The minimum Gasteiger partial charge on any atom is -0.380 e. The number of carbonyl (C=O) groups is 1. The standard InChI is InChI=1S/C15H18FN3O2S/c1-9-14(10-3-5-11(16)6-4-10)19-15(22-9)18-13(20)7-12(8-17)21-2/h3-6,12H,7-8,17H2,1-2H3,(H,18,19,20). The molecule has 1 aromatic carbocycles. The van der Waals surface area contributed by atoms with Crippen molar-refractivity contribution >= 4 is 22.4 Å². The molecule has 1 aromatic heterocycles. The fourth-order valence-electron chi connectivity index (χ4n) is 1.97. The Labute approximate surface area is 132 Å². The number of methoxy groups -OCH3 is 1. The second-order valence-electron chi connectivity index (χ2n) is 4.78. The van der Waals surface area contributed by atoms with Gasteiger partial charge in [-0.2, -0.15) is 0 Å². The van der Waals surface area contributed by atoms with E-state index in [0.29, 0.717) is 5.13 Å². The number of aromatic nitrogens is 1. The number of aryl methyl sites for hydroxylation is 1. The lowest BCUT2D eigenvalue weighted by Crippen LogP contribution is -2.28. The number of thiazole rings is 1. The van der Waals surface area contributed by atoms with Gasteiger partial charge in [-0.05, 0) is 31.2 Å². The summed E-state index contributed by atoms with van der Waals surface area (Å²) in [5.41, 5.74) is 7.04. The molecule has 118 valence electrons. The molecular formula is C15H18FN3O2S. The second kappa shape index (κ2) is 7.44. The molecule has 1 heterocycles. The molecule has 0 spiro atoms. The normalized spacial score (nSPS) is 12.2. The summed E-state index contributed by atoms with van der Waals surface area (Å²) in [5.74, 6) is -0.491. The van der Waals surface area contributed by atoms with Gasteiger partial charge in [0.05, 0.1) is 18.2 Å². The Morgan fingerprint density at radius 2 is 2.14 bits per heavy atom. The number of carbonyl (C=O) groups excluding carboxylic acids is 1. The first-order valence-corrected chi connectivity index (χ1v) is 7.61. The summed E-state index contributed by atoms with van der Waals surface area (Å²) in [5, 5.41) is 3.25. The number of hydrogen-bond acceptors (Lipinski definition) is 5. The van der Waals surface area contributed by atoms with Crippen LogP contribution < -0.4 is 11.1 Å². The monoisotopic (exact) mass is 323 g/mol. The van der Waals surface area contributed by atoms with Gasteiger partial charge in [-0.25, -0.2) is 9.37 Å². The smallest absolute Gasteiger partial charge is 0.228 e. The number of hydrogen-bond donors (Lipinski definition) is 2. The molecule has 0 radical (unpaired) electrons. The highest BCUT2D eigenvalue weighted by Gasteiger charge is 2.15. The summed E-state index contributed by atoms with van der Waals surface area (Å²) < 4.78 is 18.1. The first-order valence-electron chi connectivity index (χ1n) is 6.79. The predicted octanol–water partition coefficient (Wildman–Crippen LogP) is 2.56. The molecule has 0 bridgehead atoms. The van der Waals surface area contributed by atoms with Crippen molar-refractivity contribution in [3.8, 4) is 11.3 Å². The van der Waals surface area contributed by atoms with Crippen molar-refractivity contribution < 1.29 is 13.9 Å². The number of benzene rings is 1. The minimum atomic E-state index is -0.308. The van der Waals surface area contributed by atoms with Crippen molar-refractivity contribution in [2.24, 2.45) is 5.73 Å². The van der Waals surface area contributed by atoms with Crippen molar-refractivity contribution in [2.45, 2.75) is 19.4 Å². The number of halogens is 1. The molecule has 1 unspecified atom stereocenters. The maximum atomic E-state index is 13.0. The molecule has 0 aliphatic rings. The summed E-state index contributed by atoms with van der Waals surface area (Å²) in [6.45, 7) is 2.19. The fourth-order valence-corrected chi connectivity index (χ4v) is 2.82. The number of nitrogens with zero attached hydrogens (tertiary/aromatic N) is 1. The predicted molar refractivity (Wildman–Crippen MR) is 85.3 cm³/mol. The zero-order valence-corrected chi connectivity index (χ0v) is 13.2. The number of amides is 1. The van der Waals surface area contributed by atoms with E-state index in [1.54, 1.807) is 12.1 Å². The van der Waals surface area contributed by atoms with Gasteiger partial charge in [0.1, 0.15) is 5.82 Å². The SMILES string of the molecule is COC(CN)CC(=O)Nc1nc(-c2ccc(F)cc2)c(C)s1. The van der Waals surface area contributed by atoms with Gasteiger partial charge in [-0.3, -0.25) is 4.79 Å². The first-order chi connectivity index (χ1) is 10.5. The minimum absolute atomic E-state index is 0.178. The Hall–Kier alpha value is -1.83. The van der Waals surface area contributed by atoms with Crippen LogP contribution in [-0.4, -0.2) is 30.6 Å². The number of ether oxygens (including phenoxy) is 1. The van der Waals surface area contributed by atoms with E-state index in [2.05, 4.69) is 10.3 Å². The van der Waals surface area contributed by atoms with E-state index in [1.807, 2.05) is 6.92 Å². The van der Waals surface area contributed by atoms with Gasteiger partial charge < -0.3 is 15.8 Å². The number of anilines is 1. The van der Waals surface area contributed by atoms with Gasteiger partial charge >= 0.3 is 0 Å². The lowest BCUT2D eigenvalue weighted by Gasteiger charge is -2.11. The zero-order valence-electron chi connectivity index (χ0n) is 12.4. The summed E-state index contributed by atoms with van der Waals surface area (Å²) in [7, 11) is 1.52. The van der Waals surface area contributed by atoms with Crippen molar-refractivity contribution in [1.82, 2.24) is 4.98 Å². The van der Waals surface area contributed by atoms with Crippen molar-refractivity contribution in [1.29, 1.82) is 0 Å². The largest absolute Gasteiger partial charge is 0.380 e. The Kier molecular flexibility index (Phi) is 5.59. The molecule has 2 aromatic rings. The molecular weight excluding hydrogens is 305 g/mol. The Morgan fingerprint density at radius 1 is 1.45 bits per heavy atom. The second-order valence-corrected chi connectivity index (χ2v) is 5.98. The van der Waals surface area contributed by atoms with Gasteiger partial charge in [0.2, 0.25) is 5.91 Å².